The van der Waals surface area contributed by atoms with Gasteiger partial charge in [-0.2, -0.15) is 0 Å². The quantitative estimate of drug-likeness (QED) is 0.367. The predicted octanol–water partition coefficient (Wildman–Crippen LogP) is 3.35. The second-order valence-electron chi connectivity index (χ2n) is 8.05. The summed E-state index contributed by atoms with van der Waals surface area (Å²) in [5, 5.41) is 2.71. The summed E-state index contributed by atoms with van der Waals surface area (Å²) in [4.78, 5) is 24.0. The molecule has 1 heterocycles. The summed E-state index contributed by atoms with van der Waals surface area (Å²) in [7, 11) is -3.67. The minimum absolute atomic E-state index is 0.182. The van der Waals surface area contributed by atoms with E-state index in [0.717, 1.165) is 11.1 Å². The van der Waals surface area contributed by atoms with E-state index in [1.807, 2.05) is 54.6 Å². The second-order valence-corrected chi connectivity index (χ2v) is 9.91. The van der Waals surface area contributed by atoms with Crippen LogP contribution in [0.3, 0.4) is 0 Å². The van der Waals surface area contributed by atoms with E-state index in [4.69, 9.17) is 4.74 Å². The van der Waals surface area contributed by atoms with Crippen molar-refractivity contribution in [1.29, 1.82) is 0 Å². The van der Waals surface area contributed by atoms with E-state index in [0.29, 0.717) is 37.2 Å². The number of ether oxygens (including phenoxy) is 1. The lowest BCUT2D eigenvalue weighted by molar-refractivity contribution is -0.143. The molecule has 4 rings (SSSR count). The molecule has 0 aromatic heterocycles. The Morgan fingerprint density at radius 3 is 2.43 bits per heavy atom. The topological polar surface area (TPSA) is 92.8 Å². The number of para-hydroxylation sites is 1. The Morgan fingerprint density at radius 1 is 0.943 bits per heavy atom. The first-order valence-electron chi connectivity index (χ1n) is 11.3. The monoisotopic (exact) mass is 490 g/mol. The molecule has 3 aromatic carbocycles. The molecule has 0 bridgehead atoms. The van der Waals surface area contributed by atoms with Crippen LogP contribution in [-0.2, 0) is 37.2 Å². The van der Waals surface area contributed by atoms with Gasteiger partial charge in [0, 0.05) is 19.2 Å². The summed E-state index contributed by atoms with van der Waals surface area (Å²) in [5.74, 6) is -1.03. The Bertz CT molecular complexity index is 1320. The molecule has 0 radical (unpaired) electrons. The van der Waals surface area contributed by atoms with Crippen LogP contribution >= 0.6 is 0 Å². The average molecular weight is 491 g/mol. The van der Waals surface area contributed by atoms with Crippen LogP contribution in [0.15, 0.2) is 89.8 Å². The van der Waals surface area contributed by atoms with Crippen LogP contribution in [0.5, 0.6) is 0 Å². The average Bonchev–Trinajstić information content (AvgIpc) is 3.32. The number of esters is 1. The highest BCUT2D eigenvalue weighted by molar-refractivity contribution is 7.92. The van der Waals surface area contributed by atoms with E-state index < -0.39 is 16.0 Å². The van der Waals surface area contributed by atoms with Crippen molar-refractivity contribution in [2.24, 2.45) is 0 Å². The SMILES string of the molecule is O=C(COC(=O)/C=C/c1ccc(S(=O)(=O)N2CCc3ccccc32)cc1)NCCc1ccccc1. The molecule has 1 aliphatic rings. The van der Waals surface area contributed by atoms with Crippen molar-refractivity contribution in [3.8, 4) is 0 Å². The van der Waals surface area contributed by atoms with E-state index >= 15 is 0 Å². The standard InChI is InChI=1S/C27H26N2O5S/c30-26(28-18-16-21-6-2-1-3-7-21)20-34-27(31)15-12-22-10-13-24(14-11-22)35(32,33)29-19-17-23-8-4-5-9-25(23)29/h1-15H,16-20H2,(H,28,30)/b15-12+. The number of carbonyl (C=O) groups excluding carboxylic acids is 2. The van der Waals surface area contributed by atoms with Crippen molar-refractivity contribution >= 4 is 33.7 Å². The van der Waals surface area contributed by atoms with Gasteiger partial charge in [-0.25, -0.2) is 13.2 Å². The van der Waals surface area contributed by atoms with Crippen LogP contribution in [-0.4, -0.2) is 40.0 Å². The predicted molar refractivity (Wildman–Crippen MR) is 134 cm³/mol. The number of nitrogens with one attached hydrogen (secondary N) is 1. The van der Waals surface area contributed by atoms with Crippen LogP contribution in [0.25, 0.3) is 6.08 Å². The van der Waals surface area contributed by atoms with Crippen molar-refractivity contribution in [3.63, 3.8) is 0 Å². The first kappa shape index (κ1) is 24.2. The zero-order chi connectivity index (χ0) is 24.7. The highest BCUT2D eigenvalue weighted by atomic mass is 32.2. The molecule has 180 valence electrons. The maximum absolute atomic E-state index is 13.1. The van der Waals surface area contributed by atoms with Crippen molar-refractivity contribution < 1.29 is 22.7 Å². The first-order valence-corrected chi connectivity index (χ1v) is 12.7. The minimum Gasteiger partial charge on any atom is -0.452 e. The number of benzene rings is 3. The number of hydrogen-bond donors (Lipinski definition) is 1. The molecular formula is C27H26N2O5S. The molecule has 0 spiro atoms. The largest absolute Gasteiger partial charge is 0.452 e. The maximum atomic E-state index is 13.1. The highest BCUT2D eigenvalue weighted by Gasteiger charge is 2.30. The minimum atomic E-state index is -3.67. The number of anilines is 1. The van der Waals surface area contributed by atoms with Gasteiger partial charge in [0.05, 0.1) is 10.6 Å². The first-order chi connectivity index (χ1) is 16.9. The zero-order valence-electron chi connectivity index (χ0n) is 19.1. The van der Waals surface area contributed by atoms with E-state index in [9.17, 15) is 18.0 Å². The lowest BCUT2D eigenvalue weighted by atomic mass is 10.1. The van der Waals surface area contributed by atoms with Gasteiger partial charge in [-0.05, 0) is 53.8 Å². The Balaban J connectivity index is 1.26. The van der Waals surface area contributed by atoms with Gasteiger partial charge in [0.15, 0.2) is 6.61 Å². The van der Waals surface area contributed by atoms with E-state index in [2.05, 4.69) is 5.32 Å². The van der Waals surface area contributed by atoms with Crippen molar-refractivity contribution in [3.05, 3.63) is 102 Å². The molecule has 0 saturated carbocycles. The maximum Gasteiger partial charge on any atom is 0.331 e. The van der Waals surface area contributed by atoms with Gasteiger partial charge < -0.3 is 10.1 Å². The van der Waals surface area contributed by atoms with Crippen LogP contribution in [0.1, 0.15) is 16.7 Å². The molecule has 0 unspecified atom stereocenters. The molecule has 7 nitrogen and oxygen atoms in total. The van der Waals surface area contributed by atoms with Crippen LogP contribution < -0.4 is 9.62 Å². The van der Waals surface area contributed by atoms with Crippen molar-refractivity contribution in [1.82, 2.24) is 5.32 Å². The van der Waals surface area contributed by atoms with E-state index in [-0.39, 0.29) is 17.4 Å². The van der Waals surface area contributed by atoms with Crippen LogP contribution in [0.4, 0.5) is 5.69 Å². The molecule has 0 aliphatic carbocycles. The third-order valence-corrected chi connectivity index (χ3v) is 7.48. The summed E-state index contributed by atoms with van der Waals surface area (Å²) in [5.41, 5.74) is 3.47. The molecule has 8 heteroatoms. The fourth-order valence-corrected chi connectivity index (χ4v) is 5.33. The molecule has 1 aliphatic heterocycles. The molecular weight excluding hydrogens is 464 g/mol. The van der Waals surface area contributed by atoms with Gasteiger partial charge >= 0.3 is 5.97 Å². The van der Waals surface area contributed by atoms with Gasteiger partial charge in [-0.15, -0.1) is 0 Å². The number of fused-ring (bicyclic) bond motifs is 1. The third-order valence-electron chi connectivity index (χ3n) is 5.65. The second kappa shape index (κ2) is 11.0. The Hall–Kier alpha value is -3.91. The smallest absolute Gasteiger partial charge is 0.331 e. The number of rotatable bonds is 9. The van der Waals surface area contributed by atoms with Gasteiger partial charge in [0.2, 0.25) is 0 Å². The van der Waals surface area contributed by atoms with E-state index in [1.54, 1.807) is 12.1 Å². The molecule has 35 heavy (non-hydrogen) atoms. The molecule has 0 saturated heterocycles. The number of carbonyl (C=O) groups is 2. The Morgan fingerprint density at radius 2 is 1.66 bits per heavy atom. The molecule has 0 atom stereocenters. The normalized spacial score (nSPS) is 13.0. The van der Waals surface area contributed by atoms with Gasteiger partial charge in [0.25, 0.3) is 15.9 Å². The van der Waals surface area contributed by atoms with Gasteiger partial charge in [-0.1, -0.05) is 60.7 Å². The summed E-state index contributed by atoms with van der Waals surface area (Å²) < 4.78 is 32.5. The van der Waals surface area contributed by atoms with E-state index in [1.165, 1.54) is 28.6 Å². The van der Waals surface area contributed by atoms with Gasteiger partial charge in [-0.3, -0.25) is 9.10 Å². The van der Waals surface area contributed by atoms with Crippen molar-refractivity contribution in [2.75, 3.05) is 24.0 Å². The Labute approximate surface area is 205 Å². The summed E-state index contributed by atoms with van der Waals surface area (Å²) in [6.45, 7) is 0.496. The zero-order valence-corrected chi connectivity index (χ0v) is 19.9. The third kappa shape index (κ3) is 6.16. The van der Waals surface area contributed by atoms with Crippen molar-refractivity contribution in [2.45, 2.75) is 17.7 Å². The number of hydrogen-bond acceptors (Lipinski definition) is 5. The lowest BCUT2D eigenvalue weighted by Gasteiger charge is -2.19. The number of nitrogens with zero attached hydrogens (tertiary/aromatic N) is 1. The summed E-state index contributed by atoms with van der Waals surface area (Å²) in [6.07, 6.45) is 4.09. The van der Waals surface area contributed by atoms with Crippen LogP contribution in [0.2, 0.25) is 0 Å². The summed E-state index contributed by atoms with van der Waals surface area (Å²) >= 11 is 0. The van der Waals surface area contributed by atoms with Gasteiger partial charge in [0.1, 0.15) is 0 Å². The molecule has 3 aromatic rings. The molecule has 1 amide bonds. The molecule has 0 fully saturated rings. The fraction of sp³-hybridized carbons (Fsp3) is 0.185. The number of sulfonamides is 1. The highest BCUT2D eigenvalue weighted by Crippen LogP contribution is 2.32. The molecule has 1 N–H and O–H groups in total. The Kier molecular flexibility index (Phi) is 7.62. The number of amides is 1. The lowest BCUT2D eigenvalue weighted by Crippen LogP contribution is -2.30. The fourth-order valence-electron chi connectivity index (χ4n) is 3.83. The van der Waals surface area contributed by atoms with Crippen LogP contribution in [0, 0.1) is 0 Å². The summed E-state index contributed by atoms with van der Waals surface area (Å²) in [6, 6.07) is 23.5.